The maximum Gasteiger partial charge on any atom is 0.158 e. The molecule has 4 heteroatoms. The maximum absolute atomic E-state index is 5.47. The fraction of sp³-hybridized carbons (Fsp3) is 0.222. The lowest BCUT2D eigenvalue weighted by atomic mass is 10.2. The smallest absolute Gasteiger partial charge is 0.158 e. The Bertz CT molecular complexity index is 422. The Morgan fingerprint density at radius 3 is 3.08 bits per heavy atom. The van der Waals surface area contributed by atoms with E-state index in [1.807, 2.05) is 18.2 Å². The van der Waals surface area contributed by atoms with Crippen molar-refractivity contribution in [3.63, 3.8) is 0 Å². The van der Waals surface area contributed by atoms with Gasteiger partial charge in [0.25, 0.3) is 0 Å². The van der Waals surface area contributed by atoms with E-state index < -0.39 is 0 Å². The molecule has 0 saturated carbocycles. The molecule has 2 rings (SSSR count). The number of hydrogen-bond donors (Lipinski definition) is 1. The number of methoxy groups -OCH3 is 1. The van der Waals surface area contributed by atoms with Crippen LogP contribution in [0.3, 0.4) is 0 Å². The van der Waals surface area contributed by atoms with Crippen molar-refractivity contribution in [2.75, 3.05) is 7.11 Å². The van der Waals surface area contributed by atoms with Crippen LogP contribution < -0.4 is 10.5 Å². The van der Waals surface area contributed by atoms with Crippen molar-refractivity contribution in [1.82, 2.24) is 5.16 Å². The van der Waals surface area contributed by atoms with Gasteiger partial charge in [0.1, 0.15) is 11.3 Å². The number of fused-ring (bicyclic) bond motifs is 1. The van der Waals surface area contributed by atoms with Crippen LogP contribution in [0, 0.1) is 0 Å². The zero-order valence-electron chi connectivity index (χ0n) is 7.28. The van der Waals surface area contributed by atoms with Crippen molar-refractivity contribution in [3.8, 4) is 5.75 Å². The summed E-state index contributed by atoms with van der Waals surface area (Å²) in [5.41, 5.74) is 6.24. The molecule has 0 saturated heterocycles. The van der Waals surface area contributed by atoms with Crippen molar-refractivity contribution in [3.05, 3.63) is 24.0 Å². The van der Waals surface area contributed by atoms with Gasteiger partial charge in [-0.25, -0.2) is 0 Å². The van der Waals surface area contributed by atoms with Gasteiger partial charge in [-0.2, -0.15) is 0 Å². The summed E-state index contributed by atoms with van der Waals surface area (Å²) in [6.07, 6.45) is 0. The number of benzene rings is 1. The highest BCUT2D eigenvalue weighted by Gasteiger charge is 2.06. The van der Waals surface area contributed by atoms with Gasteiger partial charge in [0.15, 0.2) is 5.76 Å². The molecule has 0 spiro atoms. The summed E-state index contributed by atoms with van der Waals surface area (Å²) in [7, 11) is 1.62. The molecule has 4 nitrogen and oxygen atoms in total. The predicted octanol–water partition coefficient (Wildman–Crippen LogP) is 1.30. The van der Waals surface area contributed by atoms with Gasteiger partial charge >= 0.3 is 0 Å². The normalized spacial score (nSPS) is 10.6. The van der Waals surface area contributed by atoms with Crippen LogP contribution in [0.4, 0.5) is 0 Å². The van der Waals surface area contributed by atoms with E-state index in [2.05, 4.69) is 5.16 Å². The highest BCUT2D eigenvalue weighted by atomic mass is 16.5. The summed E-state index contributed by atoms with van der Waals surface area (Å²) in [5.74, 6) is 1.47. The Balaban J connectivity index is 2.61. The van der Waals surface area contributed by atoms with Crippen molar-refractivity contribution in [2.45, 2.75) is 6.54 Å². The third-order valence-electron chi connectivity index (χ3n) is 1.94. The van der Waals surface area contributed by atoms with Gasteiger partial charge in [0.05, 0.1) is 13.7 Å². The topological polar surface area (TPSA) is 61.3 Å². The Kier molecular flexibility index (Phi) is 1.90. The van der Waals surface area contributed by atoms with E-state index in [1.165, 1.54) is 0 Å². The van der Waals surface area contributed by atoms with Gasteiger partial charge < -0.3 is 15.0 Å². The number of hydrogen-bond acceptors (Lipinski definition) is 4. The summed E-state index contributed by atoms with van der Waals surface area (Å²) >= 11 is 0. The zero-order chi connectivity index (χ0) is 9.26. The molecule has 1 aromatic heterocycles. The number of rotatable bonds is 2. The Morgan fingerprint density at radius 1 is 1.54 bits per heavy atom. The molecular formula is C9H10N2O2. The molecule has 0 bridgehead atoms. The molecule has 0 radical (unpaired) electrons. The van der Waals surface area contributed by atoms with Crippen LogP contribution in [0.1, 0.15) is 5.76 Å². The summed E-state index contributed by atoms with van der Waals surface area (Å²) in [5, 5.41) is 4.81. The number of nitrogens with zero attached hydrogens (tertiary/aromatic N) is 1. The van der Waals surface area contributed by atoms with Crippen LogP contribution in [0.5, 0.6) is 5.75 Å². The minimum absolute atomic E-state index is 0.364. The zero-order valence-corrected chi connectivity index (χ0v) is 7.28. The molecule has 0 fully saturated rings. The first-order chi connectivity index (χ1) is 6.35. The highest BCUT2D eigenvalue weighted by Crippen LogP contribution is 2.22. The van der Waals surface area contributed by atoms with Gasteiger partial charge in [-0.05, 0) is 12.1 Å². The monoisotopic (exact) mass is 178 g/mol. The quantitative estimate of drug-likeness (QED) is 0.752. The second kappa shape index (κ2) is 3.06. The molecule has 2 N–H and O–H groups in total. The molecule has 0 atom stereocenters. The molecule has 0 aliphatic rings. The average Bonchev–Trinajstić information content (AvgIpc) is 2.59. The summed E-state index contributed by atoms with van der Waals surface area (Å²) < 4.78 is 10.1. The molecule has 0 amide bonds. The highest BCUT2D eigenvalue weighted by molar-refractivity contribution is 5.81. The molecule has 68 valence electrons. The number of aromatic nitrogens is 1. The van der Waals surface area contributed by atoms with Crippen molar-refractivity contribution in [2.24, 2.45) is 5.73 Å². The second-order valence-electron chi connectivity index (χ2n) is 2.69. The molecule has 0 unspecified atom stereocenters. The van der Waals surface area contributed by atoms with Crippen molar-refractivity contribution in [1.29, 1.82) is 0 Å². The van der Waals surface area contributed by atoms with E-state index in [-0.39, 0.29) is 0 Å². The number of nitrogens with two attached hydrogens (primary N) is 1. The minimum atomic E-state index is 0.364. The van der Waals surface area contributed by atoms with Crippen LogP contribution in [0.15, 0.2) is 22.7 Å². The third-order valence-corrected chi connectivity index (χ3v) is 1.94. The lowest BCUT2D eigenvalue weighted by Crippen LogP contribution is -1.93. The van der Waals surface area contributed by atoms with E-state index in [0.29, 0.717) is 12.3 Å². The largest absolute Gasteiger partial charge is 0.497 e. The van der Waals surface area contributed by atoms with Crippen LogP contribution in [-0.4, -0.2) is 12.3 Å². The molecule has 2 aromatic rings. The summed E-state index contributed by atoms with van der Waals surface area (Å²) in [4.78, 5) is 0. The predicted molar refractivity (Wildman–Crippen MR) is 48.5 cm³/mol. The third kappa shape index (κ3) is 1.25. The van der Waals surface area contributed by atoms with Crippen molar-refractivity contribution < 1.29 is 9.26 Å². The fourth-order valence-corrected chi connectivity index (χ4v) is 1.25. The first kappa shape index (κ1) is 8.07. The second-order valence-corrected chi connectivity index (χ2v) is 2.69. The summed E-state index contributed by atoms with van der Waals surface area (Å²) in [6, 6.07) is 5.57. The van der Waals surface area contributed by atoms with E-state index in [9.17, 15) is 0 Å². The Hall–Kier alpha value is -1.55. The van der Waals surface area contributed by atoms with Crippen molar-refractivity contribution >= 4 is 10.9 Å². The molecule has 1 heterocycles. The van der Waals surface area contributed by atoms with E-state index in [1.54, 1.807) is 7.11 Å². The molecule has 0 aliphatic carbocycles. The van der Waals surface area contributed by atoms with Crippen LogP contribution in [0.2, 0.25) is 0 Å². The lowest BCUT2D eigenvalue weighted by molar-refractivity contribution is 0.392. The Labute approximate surface area is 75.3 Å². The van der Waals surface area contributed by atoms with Crippen LogP contribution >= 0.6 is 0 Å². The fourth-order valence-electron chi connectivity index (χ4n) is 1.25. The van der Waals surface area contributed by atoms with E-state index >= 15 is 0 Å². The van der Waals surface area contributed by atoms with Crippen LogP contribution in [0.25, 0.3) is 10.9 Å². The van der Waals surface area contributed by atoms with Gasteiger partial charge in [0.2, 0.25) is 0 Å². The first-order valence-corrected chi connectivity index (χ1v) is 3.97. The number of ether oxygens (including phenoxy) is 1. The molecular weight excluding hydrogens is 168 g/mol. The minimum Gasteiger partial charge on any atom is -0.497 e. The van der Waals surface area contributed by atoms with E-state index in [0.717, 1.165) is 16.7 Å². The molecule has 1 aromatic carbocycles. The van der Waals surface area contributed by atoms with Gasteiger partial charge in [-0.15, -0.1) is 0 Å². The summed E-state index contributed by atoms with van der Waals surface area (Å²) in [6.45, 7) is 0.364. The Morgan fingerprint density at radius 2 is 2.38 bits per heavy atom. The van der Waals surface area contributed by atoms with Gasteiger partial charge in [-0.3, -0.25) is 0 Å². The van der Waals surface area contributed by atoms with Gasteiger partial charge in [0, 0.05) is 11.5 Å². The SMILES string of the molecule is COc1ccc2c(CN)onc2c1. The average molecular weight is 178 g/mol. The first-order valence-electron chi connectivity index (χ1n) is 3.97. The van der Waals surface area contributed by atoms with E-state index in [4.69, 9.17) is 15.0 Å². The van der Waals surface area contributed by atoms with Crippen LogP contribution in [-0.2, 0) is 6.54 Å². The molecule has 13 heavy (non-hydrogen) atoms. The lowest BCUT2D eigenvalue weighted by Gasteiger charge is -1.96. The molecule has 0 aliphatic heterocycles. The maximum atomic E-state index is 5.47. The van der Waals surface area contributed by atoms with Gasteiger partial charge in [-0.1, -0.05) is 5.16 Å². The standard InChI is InChI=1S/C9H10N2O2/c1-12-6-2-3-7-8(4-6)11-13-9(7)5-10/h2-4H,5,10H2,1H3.